The summed E-state index contributed by atoms with van der Waals surface area (Å²) < 4.78 is 23.0. The fraction of sp³-hybridized carbons (Fsp3) is 0.591. The Morgan fingerprint density at radius 3 is 1.79 bits per heavy atom. The van der Waals surface area contributed by atoms with Crippen molar-refractivity contribution in [3.05, 3.63) is 41.0 Å². The molecule has 0 aliphatic rings. The van der Waals surface area contributed by atoms with Crippen LogP contribution in [0, 0.1) is 0 Å². The third-order valence-corrected chi connectivity index (χ3v) is 6.22. The largest absolute Gasteiger partial charge is 0.507 e. The third kappa shape index (κ3) is 6.58. The zero-order valence-corrected chi connectivity index (χ0v) is 19.4. The minimum atomic E-state index is -3.23. The van der Waals surface area contributed by atoms with Crippen LogP contribution < -0.4 is 0 Å². The minimum Gasteiger partial charge on any atom is -0.507 e. The van der Waals surface area contributed by atoms with Crippen molar-refractivity contribution in [3.8, 4) is 5.75 Å². The van der Waals surface area contributed by atoms with Crippen molar-refractivity contribution in [2.45, 2.75) is 66.2 Å². The number of rotatable bonds is 8. The van der Waals surface area contributed by atoms with E-state index in [1.165, 1.54) is 12.2 Å². The normalized spacial score (nSPS) is 13.3. The number of phenolic OH excluding ortho intramolecular Hbond substituents is 1. The van der Waals surface area contributed by atoms with Crippen LogP contribution in [-0.4, -0.2) is 30.3 Å². The highest BCUT2D eigenvalue weighted by molar-refractivity contribution is 7.54. The van der Waals surface area contributed by atoms with E-state index in [-0.39, 0.29) is 41.7 Å². The lowest BCUT2D eigenvalue weighted by atomic mass is 9.78. The molecule has 0 radical (unpaired) electrons. The molecule has 0 saturated heterocycles. The van der Waals surface area contributed by atoms with Crippen LogP contribution in [-0.2, 0) is 24.4 Å². The summed E-state index contributed by atoms with van der Waals surface area (Å²) in [6.45, 7) is 16.0. The van der Waals surface area contributed by atoms with Crippen molar-refractivity contribution in [3.63, 3.8) is 0 Å². The number of hydrogen-bond donors (Lipinski definition) is 1. The number of allylic oxidation sites excluding steroid dienone is 2. The van der Waals surface area contributed by atoms with Gasteiger partial charge >= 0.3 is 7.60 Å². The summed E-state index contributed by atoms with van der Waals surface area (Å²) in [6.07, 6.45) is 2.97. The Bertz CT molecular complexity index is 721. The molecule has 5 nitrogen and oxygen atoms in total. The lowest BCUT2D eigenvalue weighted by molar-refractivity contribution is 0.104. The third-order valence-electron chi connectivity index (χ3n) is 4.26. The van der Waals surface area contributed by atoms with E-state index in [1.807, 2.05) is 41.5 Å². The van der Waals surface area contributed by atoms with Crippen LogP contribution in [0.3, 0.4) is 0 Å². The molecule has 0 amide bonds. The molecule has 0 aromatic heterocycles. The fourth-order valence-corrected chi connectivity index (χ4v) is 4.28. The maximum atomic E-state index is 12.8. The summed E-state index contributed by atoms with van der Waals surface area (Å²) in [5, 5.41) is 10.8. The monoisotopic (exact) mass is 410 g/mol. The highest BCUT2D eigenvalue weighted by Crippen LogP contribution is 2.48. The zero-order chi connectivity index (χ0) is 21.8. The van der Waals surface area contributed by atoms with Gasteiger partial charge in [-0.15, -0.1) is 0 Å². The Kier molecular flexibility index (Phi) is 8.25. The average molecular weight is 410 g/mol. The minimum absolute atomic E-state index is 0.0385. The van der Waals surface area contributed by atoms with Gasteiger partial charge in [0.05, 0.1) is 19.4 Å². The summed E-state index contributed by atoms with van der Waals surface area (Å²) >= 11 is 0. The highest BCUT2D eigenvalue weighted by atomic mass is 31.2. The van der Waals surface area contributed by atoms with E-state index in [4.69, 9.17) is 9.05 Å². The van der Waals surface area contributed by atoms with Crippen molar-refractivity contribution >= 4 is 13.4 Å². The first-order chi connectivity index (χ1) is 12.7. The average Bonchev–Trinajstić information content (AvgIpc) is 2.53. The van der Waals surface area contributed by atoms with Gasteiger partial charge in [0.25, 0.3) is 0 Å². The number of benzene rings is 1. The first-order valence-corrected chi connectivity index (χ1v) is 11.4. The smallest absolute Gasteiger partial charge is 0.334 e. The first-order valence-electron chi connectivity index (χ1n) is 9.72. The molecule has 28 heavy (non-hydrogen) atoms. The highest BCUT2D eigenvalue weighted by Gasteiger charge is 2.27. The summed E-state index contributed by atoms with van der Waals surface area (Å²) in [6, 6.07) is 3.48. The van der Waals surface area contributed by atoms with Crippen molar-refractivity contribution < 1.29 is 23.5 Å². The molecule has 1 aromatic rings. The van der Waals surface area contributed by atoms with Gasteiger partial charge in [-0.2, -0.15) is 0 Å². The molecule has 0 spiro atoms. The molecule has 0 atom stereocenters. The number of hydrogen-bond acceptors (Lipinski definition) is 5. The maximum absolute atomic E-state index is 12.8. The molecule has 0 heterocycles. The molecule has 0 bridgehead atoms. The number of carbonyl (C=O) groups is 1. The summed E-state index contributed by atoms with van der Waals surface area (Å²) in [5.74, 6) is 0.0215. The van der Waals surface area contributed by atoms with E-state index < -0.39 is 7.60 Å². The fourth-order valence-electron chi connectivity index (χ4n) is 2.84. The van der Waals surface area contributed by atoms with Gasteiger partial charge in [0.1, 0.15) is 5.75 Å². The van der Waals surface area contributed by atoms with Crippen molar-refractivity contribution in [2.75, 3.05) is 19.4 Å². The Labute approximate surface area is 169 Å². The Balaban J connectivity index is 3.25. The van der Waals surface area contributed by atoms with Gasteiger partial charge in [-0.3, -0.25) is 9.36 Å². The number of carbonyl (C=O) groups excluding carboxylic acids is 1. The molecule has 6 heteroatoms. The maximum Gasteiger partial charge on any atom is 0.334 e. The Morgan fingerprint density at radius 2 is 1.43 bits per heavy atom. The summed E-state index contributed by atoms with van der Waals surface area (Å²) in [5.41, 5.74) is 1.32. The van der Waals surface area contributed by atoms with E-state index in [2.05, 4.69) is 0 Å². The molecular formula is C22H35O5P. The number of ketones is 1. The molecule has 0 aliphatic carbocycles. The van der Waals surface area contributed by atoms with E-state index in [1.54, 1.807) is 26.0 Å². The van der Waals surface area contributed by atoms with Crippen LogP contribution in [0.4, 0.5) is 0 Å². The van der Waals surface area contributed by atoms with Gasteiger partial charge in [0, 0.05) is 16.7 Å². The molecule has 0 aliphatic heterocycles. The molecule has 0 saturated carbocycles. The van der Waals surface area contributed by atoms with Gasteiger partial charge in [0.2, 0.25) is 0 Å². The standard InChI is InChI=1S/C22H35O5P/c1-9-26-28(25,27-10-2)13-11-12-19(23)16-14-17(21(3,4)5)20(24)18(15-16)22(6,7)8/h11-12,14-15,24H,9-10,13H2,1-8H3/b12-11+. The molecule has 158 valence electrons. The van der Waals surface area contributed by atoms with E-state index in [0.29, 0.717) is 5.56 Å². The Morgan fingerprint density at radius 1 is 1.00 bits per heavy atom. The topological polar surface area (TPSA) is 72.8 Å². The van der Waals surface area contributed by atoms with Crippen molar-refractivity contribution in [1.82, 2.24) is 0 Å². The molecule has 0 unspecified atom stereocenters. The lowest BCUT2D eigenvalue weighted by Gasteiger charge is -2.28. The van der Waals surface area contributed by atoms with Gasteiger partial charge in [-0.25, -0.2) is 0 Å². The second-order valence-corrected chi connectivity index (χ2v) is 10.9. The predicted octanol–water partition coefficient (Wildman–Crippen LogP) is 5.99. The van der Waals surface area contributed by atoms with E-state index in [9.17, 15) is 14.5 Å². The summed E-state index contributed by atoms with van der Waals surface area (Å²) in [7, 11) is -3.23. The van der Waals surface area contributed by atoms with E-state index in [0.717, 1.165) is 11.1 Å². The van der Waals surface area contributed by atoms with Crippen LogP contribution in [0.1, 0.15) is 76.9 Å². The predicted molar refractivity (Wildman–Crippen MR) is 115 cm³/mol. The van der Waals surface area contributed by atoms with Crippen molar-refractivity contribution in [2.24, 2.45) is 0 Å². The van der Waals surface area contributed by atoms with Crippen LogP contribution in [0.15, 0.2) is 24.3 Å². The number of phenols is 1. The van der Waals surface area contributed by atoms with Crippen LogP contribution in [0.5, 0.6) is 5.75 Å². The van der Waals surface area contributed by atoms with Gasteiger partial charge in [-0.05, 0) is 42.9 Å². The van der Waals surface area contributed by atoms with Gasteiger partial charge in [0.15, 0.2) is 5.78 Å². The Hall–Kier alpha value is -1.42. The molecule has 0 fully saturated rings. The zero-order valence-electron chi connectivity index (χ0n) is 18.5. The van der Waals surface area contributed by atoms with Crippen LogP contribution in [0.25, 0.3) is 0 Å². The summed E-state index contributed by atoms with van der Waals surface area (Å²) in [4.78, 5) is 12.8. The SMILES string of the molecule is CCOP(=O)(C/C=C/C(=O)c1cc(C(C)(C)C)c(O)c(C(C)(C)C)c1)OCC. The number of aromatic hydroxyl groups is 1. The van der Waals surface area contributed by atoms with Crippen LogP contribution >= 0.6 is 7.60 Å². The van der Waals surface area contributed by atoms with Gasteiger partial charge < -0.3 is 14.2 Å². The molecule has 1 aromatic carbocycles. The first kappa shape index (κ1) is 24.6. The van der Waals surface area contributed by atoms with E-state index >= 15 is 0 Å². The quantitative estimate of drug-likeness (QED) is 0.324. The molecule has 1 N–H and O–H groups in total. The second kappa shape index (κ2) is 9.39. The second-order valence-electron chi connectivity index (χ2n) is 8.82. The molecule has 1 rings (SSSR count). The lowest BCUT2D eigenvalue weighted by Crippen LogP contribution is -2.18. The van der Waals surface area contributed by atoms with Crippen molar-refractivity contribution in [1.29, 1.82) is 0 Å². The van der Waals surface area contributed by atoms with Gasteiger partial charge in [-0.1, -0.05) is 47.6 Å². The van der Waals surface area contributed by atoms with Crippen LogP contribution in [0.2, 0.25) is 0 Å². The molecular weight excluding hydrogens is 375 g/mol.